The number of aryl methyl sites for hydroxylation is 2. The SMILES string of the molecule is CCNC(=O)Cc1ccc(Nc2cc(C)nc(C)n2)cc1. The van der Waals surface area contributed by atoms with E-state index in [1.807, 2.05) is 51.1 Å². The number of aromatic nitrogens is 2. The Morgan fingerprint density at radius 3 is 2.48 bits per heavy atom. The van der Waals surface area contributed by atoms with Gasteiger partial charge in [-0.1, -0.05) is 12.1 Å². The minimum atomic E-state index is 0.0419. The van der Waals surface area contributed by atoms with E-state index in [-0.39, 0.29) is 5.91 Å². The Balaban J connectivity index is 2.03. The molecule has 5 nitrogen and oxygen atoms in total. The van der Waals surface area contributed by atoms with Gasteiger partial charge < -0.3 is 10.6 Å². The lowest BCUT2D eigenvalue weighted by Crippen LogP contribution is -2.24. The number of hydrogen-bond acceptors (Lipinski definition) is 4. The molecule has 21 heavy (non-hydrogen) atoms. The Labute approximate surface area is 124 Å². The van der Waals surface area contributed by atoms with E-state index in [1.54, 1.807) is 0 Å². The molecule has 0 aliphatic heterocycles. The third kappa shape index (κ3) is 4.56. The lowest BCUT2D eigenvalue weighted by molar-refractivity contribution is -0.120. The molecule has 0 atom stereocenters. The summed E-state index contributed by atoms with van der Waals surface area (Å²) in [5.74, 6) is 1.56. The van der Waals surface area contributed by atoms with Gasteiger partial charge >= 0.3 is 0 Å². The summed E-state index contributed by atoms with van der Waals surface area (Å²) in [7, 11) is 0. The largest absolute Gasteiger partial charge is 0.356 e. The maximum atomic E-state index is 11.5. The van der Waals surface area contributed by atoms with Crippen molar-refractivity contribution in [2.75, 3.05) is 11.9 Å². The van der Waals surface area contributed by atoms with E-state index in [0.717, 1.165) is 28.6 Å². The highest BCUT2D eigenvalue weighted by molar-refractivity contribution is 5.78. The van der Waals surface area contributed by atoms with Crippen LogP contribution in [0.15, 0.2) is 30.3 Å². The molecule has 1 aromatic carbocycles. The van der Waals surface area contributed by atoms with Gasteiger partial charge in [-0.3, -0.25) is 4.79 Å². The molecule has 110 valence electrons. The fraction of sp³-hybridized carbons (Fsp3) is 0.312. The molecule has 5 heteroatoms. The van der Waals surface area contributed by atoms with Crippen LogP contribution in [0.3, 0.4) is 0 Å². The number of anilines is 2. The molecule has 2 aromatic rings. The minimum Gasteiger partial charge on any atom is -0.356 e. The van der Waals surface area contributed by atoms with Gasteiger partial charge in [0.2, 0.25) is 5.91 Å². The highest BCUT2D eigenvalue weighted by Crippen LogP contribution is 2.16. The number of nitrogens with zero attached hydrogens (tertiary/aromatic N) is 2. The molecule has 0 saturated heterocycles. The van der Waals surface area contributed by atoms with Crippen LogP contribution in [0.5, 0.6) is 0 Å². The van der Waals surface area contributed by atoms with E-state index in [0.29, 0.717) is 13.0 Å². The first-order valence-corrected chi connectivity index (χ1v) is 7.02. The van der Waals surface area contributed by atoms with Crippen molar-refractivity contribution in [1.29, 1.82) is 0 Å². The molecule has 1 aromatic heterocycles. The molecule has 1 amide bonds. The van der Waals surface area contributed by atoms with Gasteiger partial charge in [-0.15, -0.1) is 0 Å². The van der Waals surface area contributed by atoms with Crippen molar-refractivity contribution < 1.29 is 4.79 Å². The van der Waals surface area contributed by atoms with Crippen molar-refractivity contribution in [3.05, 3.63) is 47.4 Å². The monoisotopic (exact) mass is 284 g/mol. The summed E-state index contributed by atoms with van der Waals surface area (Å²) < 4.78 is 0. The third-order valence-corrected chi connectivity index (χ3v) is 2.93. The van der Waals surface area contributed by atoms with Crippen molar-refractivity contribution in [3.8, 4) is 0 Å². The fourth-order valence-corrected chi connectivity index (χ4v) is 2.08. The summed E-state index contributed by atoms with van der Waals surface area (Å²) >= 11 is 0. The van der Waals surface area contributed by atoms with Crippen LogP contribution in [0.1, 0.15) is 24.0 Å². The molecule has 0 saturated carbocycles. The molecule has 0 spiro atoms. The normalized spacial score (nSPS) is 10.2. The van der Waals surface area contributed by atoms with E-state index in [9.17, 15) is 4.79 Å². The number of amides is 1. The Morgan fingerprint density at radius 1 is 1.14 bits per heavy atom. The Bertz CT molecular complexity index is 602. The smallest absolute Gasteiger partial charge is 0.224 e. The van der Waals surface area contributed by atoms with Gasteiger partial charge in [0.15, 0.2) is 0 Å². The number of carbonyl (C=O) groups excluding carboxylic acids is 1. The van der Waals surface area contributed by atoms with E-state index in [1.165, 1.54) is 0 Å². The molecular formula is C16H20N4O. The second-order valence-corrected chi connectivity index (χ2v) is 4.89. The van der Waals surface area contributed by atoms with Gasteiger partial charge in [0, 0.05) is 24.0 Å². The number of carbonyl (C=O) groups is 1. The van der Waals surface area contributed by atoms with Crippen molar-refractivity contribution in [3.63, 3.8) is 0 Å². The van der Waals surface area contributed by atoms with Crippen molar-refractivity contribution in [2.45, 2.75) is 27.2 Å². The van der Waals surface area contributed by atoms with Crippen LogP contribution in [-0.4, -0.2) is 22.4 Å². The molecular weight excluding hydrogens is 264 g/mol. The molecule has 0 aliphatic rings. The van der Waals surface area contributed by atoms with Gasteiger partial charge in [0.25, 0.3) is 0 Å². The minimum absolute atomic E-state index is 0.0419. The van der Waals surface area contributed by atoms with E-state index >= 15 is 0 Å². The first-order chi connectivity index (χ1) is 10.1. The summed E-state index contributed by atoms with van der Waals surface area (Å²) in [5, 5.41) is 6.03. The summed E-state index contributed by atoms with van der Waals surface area (Å²) in [6.07, 6.45) is 0.403. The zero-order valence-corrected chi connectivity index (χ0v) is 12.6. The summed E-state index contributed by atoms with van der Waals surface area (Å²) in [6, 6.07) is 9.68. The first-order valence-electron chi connectivity index (χ1n) is 7.02. The standard InChI is InChI=1S/C16H20N4O/c1-4-17-16(21)10-13-5-7-14(8-6-13)20-15-9-11(2)18-12(3)19-15/h5-9H,4,10H2,1-3H3,(H,17,21)(H,18,19,20). The average molecular weight is 284 g/mol. The molecule has 0 fully saturated rings. The van der Waals surface area contributed by atoms with Crippen LogP contribution in [-0.2, 0) is 11.2 Å². The predicted octanol–water partition coefficient (Wildman–Crippen LogP) is 2.52. The fourth-order valence-electron chi connectivity index (χ4n) is 2.08. The lowest BCUT2D eigenvalue weighted by Gasteiger charge is -2.08. The second kappa shape index (κ2) is 6.83. The topological polar surface area (TPSA) is 66.9 Å². The van der Waals surface area contributed by atoms with Gasteiger partial charge in [0.1, 0.15) is 11.6 Å². The molecule has 0 bridgehead atoms. The zero-order valence-electron chi connectivity index (χ0n) is 12.6. The van der Waals surface area contributed by atoms with E-state index < -0.39 is 0 Å². The number of hydrogen-bond donors (Lipinski definition) is 2. The van der Waals surface area contributed by atoms with Crippen LogP contribution < -0.4 is 10.6 Å². The first kappa shape index (κ1) is 15.0. The number of nitrogens with one attached hydrogen (secondary N) is 2. The molecule has 2 N–H and O–H groups in total. The van der Waals surface area contributed by atoms with Crippen LogP contribution >= 0.6 is 0 Å². The number of rotatable bonds is 5. The second-order valence-electron chi connectivity index (χ2n) is 4.89. The summed E-state index contributed by atoms with van der Waals surface area (Å²) in [6.45, 7) is 6.38. The average Bonchev–Trinajstić information content (AvgIpc) is 2.40. The number of likely N-dealkylation sites (N-methyl/N-ethyl adjacent to an activating group) is 1. The predicted molar refractivity (Wildman–Crippen MR) is 83.6 cm³/mol. The highest BCUT2D eigenvalue weighted by Gasteiger charge is 2.03. The highest BCUT2D eigenvalue weighted by atomic mass is 16.1. The quantitative estimate of drug-likeness (QED) is 0.885. The number of benzene rings is 1. The van der Waals surface area contributed by atoms with E-state index in [4.69, 9.17) is 0 Å². The van der Waals surface area contributed by atoms with E-state index in [2.05, 4.69) is 20.6 Å². The van der Waals surface area contributed by atoms with Crippen molar-refractivity contribution >= 4 is 17.4 Å². The van der Waals surface area contributed by atoms with Gasteiger partial charge in [-0.05, 0) is 38.5 Å². The molecule has 2 rings (SSSR count). The van der Waals surface area contributed by atoms with Crippen molar-refractivity contribution in [1.82, 2.24) is 15.3 Å². The summed E-state index contributed by atoms with van der Waals surface area (Å²) in [5.41, 5.74) is 2.85. The molecule has 0 aliphatic carbocycles. The molecule has 1 heterocycles. The van der Waals surface area contributed by atoms with Gasteiger partial charge in [-0.25, -0.2) is 9.97 Å². The Hall–Kier alpha value is -2.43. The lowest BCUT2D eigenvalue weighted by atomic mass is 10.1. The van der Waals surface area contributed by atoms with Crippen LogP contribution in [0.4, 0.5) is 11.5 Å². The molecule has 0 unspecified atom stereocenters. The van der Waals surface area contributed by atoms with Gasteiger partial charge in [-0.2, -0.15) is 0 Å². The van der Waals surface area contributed by atoms with Crippen LogP contribution in [0.25, 0.3) is 0 Å². The molecule has 0 radical (unpaired) electrons. The Kier molecular flexibility index (Phi) is 4.87. The third-order valence-electron chi connectivity index (χ3n) is 2.93. The Morgan fingerprint density at radius 2 is 1.86 bits per heavy atom. The zero-order chi connectivity index (χ0) is 15.2. The maximum Gasteiger partial charge on any atom is 0.224 e. The van der Waals surface area contributed by atoms with Crippen molar-refractivity contribution in [2.24, 2.45) is 0 Å². The van der Waals surface area contributed by atoms with Crippen LogP contribution in [0, 0.1) is 13.8 Å². The summed E-state index contributed by atoms with van der Waals surface area (Å²) in [4.78, 5) is 20.1. The van der Waals surface area contributed by atoms with Gasteiger partial charge in [0.05, 0.1) is 6.42 Å². The maximum absolute atomic E-state index is 11.5. The van der Waals surface area contributed by atoms with Crippen LogP contribution in [0.2, 0.25) is 0 Å².